The Labute approximate surface area is 108 Å². The van der Waals surface area contributed by atoms with E-state index in [1.807, 2.05) is 12.4 Å². The SMILES string of the molecule is COC(OC)C(C)(CN)N1CCn2ccnc2C1. The van der Waals surface area contributed by atoms with Crippen molar-refractivity contribution in [3.05, 3.63) is 18.2 Å². The normalized spacial score (nSPS) is 19.8. The van der Waals surface area contributed by atoms with Crippen LogP contribution in [-0.2, 0) is 22.6 Å². The van der Waals surface area contributed by atoms with Gasteiger partial charge in [-0.15, -0.1) is 0 Å². The fourth-order valence-corrected chi connectivity index (χ4v) is 2.59. The minimum Gasteiger partial charge on any atom is -0.354 e. The molecule has 6 heteroatoms. The van der Waals surface area contributed by atoms with Crippen LogP contribution in [0.5, 0.6) is 0 Å². The van der Waals surface area contributed by atoms with Gasteiger partial charge in [0.15, 0.2) is 6.29 Å². The van der Waals surface area contributed by atoms with Gasteiger partial charge in [0, 0.05) is 46.2 Å². The summed E-state index contributed by atoms with van der Waals surface area (Å²) in [6.45, 7) is 5.15. The molecule has 0 fully saturated rings. The van der Waals surface area contributed by atoms with Crippen molar-refractivity contribution in [3.8, 4) is 0 Å². The standard InChI is InChI=1S/C12H22N4O2/c1-12(9-13,11(17-2)18-3)16-7-6-15-5-4-14-10(15)8-16/h4-5,11H,6-9,13H2,1-3H3. The Morgan fingerprint density at radius 2 is 2.17 bits per heavy atom. The van der Waals surface area contributed by atoms with Gasteiger partial charge in [-0.1, -0.05) is 0 Å². The van der Waals surface area contributed by atoms with Gasteiger partial charge in [-0.2, -0.15) is 0 Å². The molecule has 1 atom stereocenters. The van der Waals surface area contributed by atoms with Gasteiger partial charge in [0.1, 0.15) is 5.82 Å². The zero-order valence-corrected chi connectivity index (χ0v) is 11.3. The predicted molar refractivity (Wildman–Crippen MR) is 67.9 cm³/mol. The van der Waals surface area contributed by atoms with Gasteiger partial charge in [0.25, 0.3) is 0 Å². The first kappa shape index (κ1) is 13.5. The van der Waals surface area contributed by atoms with E-state index in [1.54, 1.807) is 14.2 Å². The maximum atomic E-state index is 5.96. The Bertz CT molecular complexity index is 391. The van der Waals surface area contributed by atoms with Gasteiger partial charge in [0.2, 0.25) is 0 Å². The summed E-state index contributed by atoms with van der Waals surface area (Å²) in [4.78, 5) is 6.65. The first-order chi connectivity index (χ1) is 8.65. The van der Waals surface area contributed by atoms with E-state index in [0.29, 0.717) is 6.54 Å². The van der Waals surface area contributed by atoms with Crippen LogP contribution in [0.4, 0.5) is 0 Å². The van der Waals surface area contributed by atoms with Crippen LogP contribution >= 0.6 is 0 Å². The maximum Gasteiger partial charge on any atom is 0.176 e. The number of methoxy groups -OCH3 is 2. The van der Waals surface area contributed by atoms with E-state index in [1.165, 1.54) is 0 Å². The van der Waals surface area contributed by atoms with E-state index in [9.17, 15) is 0 Å². The lowest BCUT2D eigenvalue weighted by atomic mass is 9.98. The smallest absolute Gasteiger partial charge is 0.176 e. The first-order valence-electron chi connectivity index (χ1n) is 6.16. The van der Waals surface area contributed by atoms with Crippen molar-refractivity contribution >= 4 is 0 Å². The van der Waals surface area contributed by atoms with Crippen LogP contribution in [-0.4, -0.2) is 53.6 Å². The van der Waals surface area contributed by atoms with Gasteiger partial charge >= 0.3 is 0 Å². The van der Waals surface area contributed by atoms with Crippen LogP contribution in [0.1, 0.15) is 12.7 Å². The molecule has 18 heavy (non-hydrogen) atoms. The summed E-state index contributed by atoms with van der Waals surface area (Å²) in [6.07, 6.45) is 3.50. The van der Waals surface area contributed by atoms with Crippen LogP contribution in [0, 0.1) is 0 Å². The fourth-order valence-electron chi connectivity index (χ4n) is 2.59. The van der Waals surface area contributed by atoms with Crippen LogP contribution in [0.15, 0.2) is 12.4 Å². The highest BCUT2D eigenvalue weighted by Crippen LogP contribution is 2.25. The molecule has 0 radical (unpaired) electrons. The van der Waals surface area contributed by atoms with Gasteiger partial charge in [0.05, 0.1) is 12.1 Å². The Hall–Kier alpha value is -0.950. The molecular formula is C12H22N4O2. The largest absolute Gasteiger partial charge is 0.354 e. The number of imidazole rings is 1. The second kappa shape index (κ2) is 5.36. The van der Waals surface area contributed by atoms with Crippen LogP contribution < -0.4 is 5.73 Å². The van der Waals surface area contributed by atoms with E-state index in [2.05, 4.69) is 21.4 Å². The van der Waals surface area contributed by atoms with Gasteiger partial charge in [-0.25, -0.2) is 4.98 Å². The predicted octanol–water partition coefficient (Wildman–Crippen LogP) is 0.0350. The van der Waals surface area contributed by atoms with Gasteiger partial charge in [-0.05, 0) is 6.92 Å². The van der Waals surface area contributed by atoms with Gasteiger partial charge < -0.3 is 19.8 Å². The lowest BCUT2D eigenvalue weighted by Gasteiger charge is -2.45. The molecule has 2 heterocycles. The first-order valence-corrected chi connectivity index (χ1v) is 6.16. The van der Waals surface area contributed by atoms with Crippen molar-refractivity contribution in [2.75, 3.05) is 27.3 Å². The third-order valence-electron chi connectivity index (χ3n) is 3.82. The average molecular weight is 254 g/mol. The van der Waals surface area contributed by atoms with E-state index in [4.69, 9.17) is 15.2 Å². The van der Waals surface area contributed by atoms with Crippen molar-refractivity contribution in [3.63, 3.8) is 0 Å². The fraction of sp³-hybridized carbons (Fsp3) is 0.750. The Morgan fingerprint density at radius 1 is 1.44 bits per heavy atom. The Balaban J connectivity index is 2.19. The maximum absolute atomic E-state index is 5.96. The minimum atomic E-state index is -0.347. The summed E-state index contributed by atoms with van der Waals surface area (Å²) in [5, 5.41) is 0. The Kier molecular flexibility index (Phi) is 4.01. The molecule has 0 saturated heterocycles. The molecule has 1 aromatic heterocycles. The molecule has 2 rings (SSSR count). The van der Waals surface area contributed by atoms with Crippen molar-refractivity contribution in [1.82, 2.24) is 14.5 Å². The summed E-state index contributed by atoms with van der Waals surface area (Å²) in [7, 11) is 3.29. The molecule has 6 nitrogen and oxygen atoms in total. The second-order valence-electron chi connectivity index (χ2n) is 4.82. The topological polar surface area (TPSA) is 65.5 Å². The number of nitrogens with two attached hydrogens (primary N) is 1. The Morgan fingerprint density at radius 3 is 2.78 bits per heavy atom. The molecule has 0 aromatic carbocycles. The highest BCUT2D eigenvalue weighted by molar-refractivity contribution is 5.01. The summed E-state index contributed by atoms with van der Waals surface area (Å²) in [6, 6.07) is 0. The zero-order valence-electron chi connectivity index (χ0n) is 11.3. The van der Waals surface area contributed by atoms with E-state index >= 15 is 0 Å². The third-order valence-corrected chi connectivity index (χ3v) is 3.82. The van der Waals surface area contributed by atoms with Crippen LogP contribution in [0.2, 0.25) is 0 Å². The van der Waals surface area contributed by atoms with Crippen molar-refractivity contribution in [2.24, 2.45) is 5.73 Å². The number of nitrogens with zero attached hydrogens (tertiary/aromatic N) is 3. The van der Waals surface area contributed by atoms with Crippen molar-refractivity contribution in [1.29, 1.82) is 0 Å². The van der Waals surface area contributed by atoms with E-state index < -0.39 is 0 Å². The summed E-state index contributed by atoms with van der Waals surface area (Å²) in [5.74, 6) is 1.06. The molecule has 102 valence electrons. The third kappa shape index (κ3) is 2.16. The van der Waals surface area contributed by atoms with Crippen molar-refractivity contribution in [2.45, 2.75) is 31.8 Å². The molecule has 2 N–H and O–H groups in total. The lowest BCUT2D eigenvalue weighted by molar-refractivity contribution is -0.185. The molecule has 1 unspecified atom stereocenters. The number of hydrogen-bond acceptors (Lipinski definition) is 5. The summed E-state index contributed by atoms with van der Waals surface area (Å²) < 4.78 is 13.0. The van der Waals surface area contributed by atoms with E-state index in [-0.39, 0.29) is 11.8 Å². The molecule has 0 saturated carbocycles. The number of hydrogen-bond donors (Lipinski definition) is 1. The molecule has 0 aliphatic carbocycles. The number of rotatable bonds is 5. The minimum absolute atomic E-state index is 0.344. The van der Waals surface area contributed by atoms with Gasteiger partial charge in [-0.3, -0.25) is 4.90 Å². The monoisotopic (exact) mass is 254 g/mol. The quantitative estimate of drug-likeness (QED) is 0.751. The van der Waals surface area contributed by atoms with Crippen LogP contribution in [0.25, 0.3) is 0 Å². The molecule has 0 spiro atoms. The molecule has 0 bridgehead atoms. The molecule has 1 aliphatic rings. The molecule has 1 aliphatic heterocycles. The lowest BCUT2D eigenvalue weighted by Crippen LogP contribution is -2.61. The molecule has 1 aromatic rings. The number of ether oxygens (including phenoxy) is 2. The highest BCUT2D eigenvalue weighted by atomic mass is 16.7. The second-order valence-corrected chi connectivity index (χ2v) is 4.82. The molecule has 0 amide bonds. The zero-order chi connectivity index (χ0) is 13.2. The van der Waals surface area contributed by atoms with Crippen LogP contribution in [0.3, 0.4) is 0 Å². The number of fused-ring (bicyclic) bond motifs is 1. The van der Waals surface area contributed by atoms with E-state index in [0.717, 1.165) is 25.5 Å². The van der Waals surface area contributed by atoms with Crippen molar-refractivity contribution < 1.29 is 9.47 Å². The molecular weight excluding hydrogens is 232 g/mol. The number of aromatic nitrogens is 2. The average Bonchev–Trinajstić information content (AvgIpc) is 2.86. The summed E-state index contributed by atoms with van der Waals surface area (Å²) >= 11 is 0. The summed E-state index contributed by atoms with van der Waals surface area (Å²) in [5.41, 5.74) is 5.61. The highest BCUT2D eigenvalue weighted by Gasteiger charge is 2.41.